The molecular formula is C24H32N4O. The molecule has 0 saturated carbocycles. The average molecular weight is 393 g/mol. The van der Waals surface area contributed by atoms with Gasteiger partial charge in [0.25, 0.3) is 0 Å². The van der Waals surface area contributed by atoms with Gasteiger partial charge in [0, 0.05) is 44.5 Å². The summed E-state index contributed by atoms with van der Waals surface area (Å²) >= 11 is 0. The molecule has 5 rings (SSSR count). The molecule has 5 heteroatoms. The van der Waals surface area contributed by atoms with Gasteiger partial charge in [-0.25, -0.2) is 0 Å². The van der Waals surface area contributed by atoms with Crippen LogP contribution in [0.3, 0.4) is 0 Å². The number of hydrogen-bond donors (Lipinski definition) is 2. The van der Waals surface area contributed by atoms with E-state index in [0.29, 0.717) is 6.04 Å². The van der Waals surface area contributed by atoms with Crippen molar-refractivity contribution in [3.05, 3.63) is 59.7 Å². The second kappa shape index (κ2) is 8.34. The number of rotatable bonds is 4. The van der Waals surface area contributed by atoms with E-state index in [1.54, 1.807) is 0 Å². The number of ether oxygens (including phenoxy) is 1. The summed E-state index contributed by atoms with van der Waals surface area (Å²) in [6.45, 7) is 6.32. The molecule has 2 heterocycles. The monoisotopic (exact) mass is 392 g/mol. The Labute approximate surface area is 173 Å². The summed E-state index contributed by atoms with van der Waals surface area (Å²) < 4.78 is 6.63. The Kier molecular flexibility index (Phi) is 5.44. The molecule has 0 spiro atoms. The summed E-state index contributed by atoms with van der Waals surface area (Å²) in [6, 6.07) is 18.1. The molecule has 0 bridgehead atoms. The van der Waals surface area contributed by atoms with Gasteiger partial charge in [-0.1, -0.05) is 24.3 Å². The van der Waals surface area contributed by atoms with E-state index in [-0.39, 0.29) is 12.1 Å². The van der Waals surface area contributed by atoms with Gasteiger partial charge in [0.2, 0.25) is 0 Å². The van der Waals surface area contributed by atoms with Crippen LogP contribution in [0.2, 0.25) is 0 Å². The van der Waals surface area contributed by atoms with Crippen LogP contribution in [-0.2, 0) is 6.42 Å². The molecule has 0 radical (unpaired) electrons. The third-order valence-electron chi connectivity index (χ3n) is 6.68. The van der Waals surface area contributed by atoms with Gasteiger partial charge in [-0.15, -0.1) is 0 Å². The molecule has 2 aliphatic heterocycles. The Morgan fingerprint density at radius 1 is 0.966 bits per heavy atom. The first-order valence-corrected chi connectivity index (χ1v) is 11.1. The maximum atomic E-state index is 6.63. The number of nitrogens with zero attached hydrogens (tertiary/aromatic N) is 2. The van der Waals surface area contributed by atoms with Crippen molar-refractivity contribution >= 4 is 5.69 Å². The van der Waals surface area contributed by atoms with E-state index in [1.165, 1.54) is 23.2 Å². The number of nitrogens with two attached hydrogens (primary N) is 1. The first-order chi connectivity index (χ1) is 14.3. The molecule has 2 aromatic carbocycles. The number of benzene rings is 2. The van der Waals surface area contributed by atoms with Gasteiger partial charge in [0.15, 0.2) is 0 Å². The molecule has 1 aliphatic carbocycles. The quantitative estimate of drug-likeness (QED) is 0.838. The zero-order valence-corrected chi connectivity index (χ0v) is 17.1. The van der Waals surface area contributed by atoms with Crippen LogP contribution in [0.25, 0.3) is 0 Å². The van der Waals surface area contributed by atoms with Crippen LogP contribution in [0.4, 0.5) is 5.69 Å². The Balaban J connectivity index is 1.35. The van der Waals surface area contributed by atoms with Crippen LogP contribution in [0.1, 0.15) is 30.1 Å². The fraction of sp³-hybridized carbons (Fsp3) is 0.500. The van der Waals surface area contributed by atoms with Crippen molar-refractivity contribution in [1.82, 2.24) is 10.2 Å². The highest BCUT2D eigenvalue weighted by molar-refractivity contribution is 5.50. The van der Waals surface area contributed by atoms with Crippen molar-refractivity contribution < 1.29 is 4.74 Å². The van der Waals surface area contributed by atoms with Crippen LogP contribution in [0.5, 0.6) is 5.75 Å². The lowest BCUT2D eigenvalue weighted by Gasteiger charge is -2.38. The molecule has 29 heavy (non-hydrogen) atoms. The molecule has 2 saturated heterocycles. The Morgan fingerprint density at radius 3 is 2.55 bits per heavy atom. The minimum atomic E-state index is 0.0709. The number of likely N-dealkylation sites (tertiary alicyclic amines) is 1. The predicted molar refractivity (Wildman–Crippen MR) is 118 cm³/mol. The molecule has 0 aromatic heterocycles. The molecular weight excluding hydrogens is 360 g/mol. The molecule has 154 valence electrons. The fourth-order valence-corrected chi connectivity index (χ4v) is 5.15. The predicted octanol–water partition coefficient (Wildman–Crippen LogP) is 2.56. The molecule has 0 unspecified atom stereocenters. The van der Waals surface area contributed by atoms with Gasteiger partial charge in [-0.3, -0.25) is 4.90 Å². The maximum Gasteiger partial charge on any atom is 0.140 e. The average Bonchev–Trinajstić information content (AvgIpc) is 3.13. The van der Waals surface area contributed by atoms with E-state index >= 15 is 0 Å². The van der Waals surface area contributed by atoms with Crippen molar-refractivity contribution in [2.45, 2.75) is 37.5 Å². The minimum Gasteiger partial charge on any atom is -0.484 e. The third-order valence-corrected chi connectivity index (χ3v) is 6.68. The van der Waals surface area contributed by atoms with Crippen molar-refractivity contribution in [3.8, 4) is 5.75 Å². The summed E-state index contributed by atoms with van der Waals surface area (Å²) in [4.78, 5) is 5.00. The van der Waals surface area contributed by atoms with Crippen molar-refractivity contribution in [2.24, 2.45) is 5.73 Å². The highest BCUT2D eigenvalue weighted by atomic mass is 16.5. The molecule has 2 fully saturated rings. The van der Waals surface area contributed by atoms with Gasteiger partial charge in [-0.2, -0.15) is 0 Å². The Morgan fingerprint density at radius 2 is 1.76 bits per heavy atom. The second-order valence-corrected chi connectivity index (χ2v) is 8.64. The van der Waals surface area contributed by atoms with Gasteiger partial charge >= 0.3 is 0 Å². The van der Waals surface area contributed by atoms with Gasteiger partial charge in [-0.05, 0) is 61.2 Å². The summed E-state index contributed by atoms with van der Waals surface area (Å²) in [5.41, 5.74) is 10.3. The number of nitrogens with one attached hydrogen (secondary N) is 1. The van der Waals surface area contributed by atoms with E-state index in [4.69, 9.17) is 10.5 Å². The molecule has 3 aliphatic rings. The lowest BCUT2D eigenvalue weighted by atomic mass is 10.0. The number of piperidine rings is 1. The second-order valence-electron chi connectivity index (χ2n) is 8.64. The normalized spacial score (nSPS) is 27.6. The minimum absolute atomic E-state index is 0.0709. The van der Waals surface area contributed by atoms with E-state index in [2.05, 4.69) is 63.6 Å². The number of anilines is 1. The highest BCUT2D eigenvalue weighted by Crippen LogP contribution is 2.39. The van der Waals surface area contributed by atoms with Crippen molar-refractivity contribution in [3.63, 3.8) is 0 Å². The first kappa shape index (κ1) is 18.9. The van der Waals surface area contributed by atoms with Crippen LogP contribution in [0, 0.1) is 0 Å². The van der Waals surface area contributed by atoms with Gasteiger partial charge in [0.05, 0.1) is 6.04 Å². The van der Waals surface area contributed by atoms with E-state index in [1.807, 2.05) is 0 Å². The molecule has 2 aromatic rings. The summed E-state index contributed by atoms with van der Waals surface area (Å²) in [7, 11) is 0. The topological polar surface area (TPSA) is 53.8 Å². The molecule has 3 atom stereocenters. The highest BCUT2D eigenvalue weighted by Gasteiger charge is 2.39. The largest absolute Gasteiger partial charge is 0.484 e. The maximum absolute atomic E-state index is 6.63. The zero-order chi connectivity index (χ0) is 19.6. The van der Waals surface area contributed by atoms with E-state index in [9.17, 15) is 0 Å². The molecule has 3 N–H and O–H groups in total. The number of fused-ring (bicyclic) bond motifs is 1. The lowest BCUT2D eigenvalue weighted by Crippen LogP contribution is -2.49. The summed E-state index contributed by atoms with van der Waals surface area (Å²) in [5, 5.41) is 3.41. The standard InChI is InChI=1S/C24H32N4O/c25-19-5-3-13-28(17-19)23-16-18-4-1-2-6-22(18)24(23)29-21-9-7-20(8-10-21)27-14-11-26-12-15-27/h1-2,4,6-10,19,23-24,26H,3,5,11-17,25H2/t19-,23-,24-/m1/s1. The Bertz CT molecular complexity index is 818. The number of hydrogen-bond acceptors (Lipinski definition) is 5. The molecule has 5 nitrogen and oxygen atoms in total. The SMILES string of the molecule is N[C@@H]1CCCN([C@@H]2Cc3ccccc3[C@H]2Oc2ccc(N3CCNCC3)cc2)C1. The summed E-state index contributed by atoms with van der Waals surface area (Å²) in [5.74, 6) is 0.955. The van der Waals surface area contributed by atoms with Crippen LogP contribution >= 0.6 is 0 Å². The van der Waals surface area contributed by atoms with Gasteiger partial charge < -0.3 is 20.7 Å². The third kappa shape index (κ3) is 4.00. The van der Waals surface area contributed by atoms with Crippen molar-refractivity contribution in [2.75, 3.05) is 44.2 Å². The Hall–Kier alpha value is -2.08. The van der Waals surface area contributed by atoms with Crippen LogP contribution in [-0.4, -0.2) is 56.3 Å². The van der Waals surface area contributed by atoms with Gasteiger partial charge in [0.1, 0.15) is 11.9 Å². The fourth-order valence-electron chi connectivity index (χ4n) is 5.15. The van der Waals surface area contributed by atoms with Crippen molar-refractivity contribution in [1.29, 1.82) is 0 Å². The molecule has 0 amide bonds. The number of piperazine rings is 1. The van der Waals surface area contributed by atoms with E-state index in [0.717, 1.165) is 57.9 Å². The first-order valence-electron chi connectivity index (χ1n) is 11.1. The zero-order valence-electron chi connectivity index (χ0n) is 17.1. The summed E-state index contributed by atoms with van der Waals surface area (Å²) in [6.07, 6.45) is 3.43. The lowest BCUT2D eigenvalue weighted by molar-refractivity contribution is 0.0593. The van der Waals surface area contributed by atoms with Crippen LogP contribution < -0.4 is 20.7 Å². The van der Waals surface area contributed by atoms with E-state index < -0.39 is 0 Å². The van der Waals surface area contributed by atoms with Crippen LogP contribution in [0.15, 0.2) is 48.5 Å². The smallest absolute Gasteiger partial charge is 0.140 e.